The van der Waals surface area contributed by atoms with Crippen molar-refractivity contribution in [2.75, 3.05) is 23.8 Å². The summed E-state index contributed by atoms with van der Waals surface area (Å²) in [6, 6.07) is 11.9. The lowest BCUT2D eigenvalue weighted by Gasteiger charge is -2.22. The van der Waals surface area contributed by atoms with E-state index in [1.165, 1.54) is 11.6 Å². The van der Waals surface area contributed by atoms with Crippen molar-refractivity contribution < 1.29 is 14.7 Å². The summed E-state index contributed by atoms with van der Waals surface area (Å²) < 4.78 is 2.86. The van der Waals surface area contributed by atoms with E-state index in [9.17, 15) is 14.7 Å². The molecule has 0 aliphatic carbocycles. The summed E-state index contributed by atoms with van der Waals surface area (Å²) >= 11 is 3.34. The van der Waals surface area contributed by atoms with Gasteiger partial charge in [0.25, 0.3) is 5.91 Å². The summed E-state index contributed by atoms with van der Waals surface area (Å²) in [5.74, 6) is -1.34. The molecule has 168 valence electrons. The number of anilines is 2. The van der Waals surface area contributed by atoms with E-state index in [-0.39, 0.29) is 11.5 Å². The molecule has 2 aromatic carbocycles. The fourth-order valence-corrected chi connectivity index (χ4v) is 3.99. The molecule has 0 saturated carbocycles. The van der Waals surface area contributed by atoms with E-state index in [0.717, 1.165) is 28.8 Å². The molecule has 0 aliphatic rings. The van der Waals surface area contributed by atoms with Crippen LogP contribution in [0.25, 0.3) is 0 Å². The number of hydrogen-bond donors (Lipinski definition) is 2. The third kappa shape index (κ3) is 5.19. The van der Waals surface area contributed by atoms with Gasteiger partial charge in [0, 0.05) is 41.6 Å². The molecule has 32 heavy (non-hydrogen) atoms. The van der Waals surface area contributed by atoms with Crippen molar-refractivity contribution in [1.29, 1.82) is 0 Å². The third-order valence-corrected chi connectivity index (χ3v) is 6.06. The second-order valence-corrected chi connectivity index (χ2v) is 8.55. The highest BCUT2D eigenvalue weighted by Gasteiger charge is 2.17. The minimum Gasteiger partial charge on any atom is -0.478 e. The van der Waals surface area contributed by atoms with Crippen LogP contribution in [0.3, 0.4) is 0 Å². The van der Waals surface area contributed by atoms with Crippen molar-refractivity contribution in [3.63, 3.8) is 0 Å². The lowest BCUT2D eigenvalue weighted by Crippen LogP contribution is -2.23. The number of carbonyl (C=O) groups excluding carboxylic acids is 1. The predicted molar refractivity (Wildman–Crippen MR) is 130 cm³/mol. The zero-order valence-electron chi connectivity index (χ0n) is 18.6. The Kier molecular flexibility index (Phi) is 7.35. The molecule has 1 aromatic heterocycles. The first kappa shape index (κ1) is 23.5. The van der Waals surface area contributed by atoms with Crippen LogP contribution >= 0.6 is 15.9 Å². The fraction of sp³-hybridized carbons (Fsp3) is 0.292. The number of halogens is 1. The van der Waals surface area contributed by atoms with Crippen LogP contribution in [0, 0.1) is 13.8 Å². The van der Waals surface area contributed by atoms with E-state index in [1.807, 2.05) is 23.6 Å². The van der Waals surface area contributed by atoms with Gasteiger partial charge in [0.05, 0.1) is 16.9 Å². The highest BCUT2D eigenvalue weighted by molar-refractivity contribution is 9.10. The molecule has 3 aromatic rings. The number of likely N-dealkylation sites (N-methyl/N-ethyl adjacent to an activating group) is 1. The molecule has 0 unspecified atom stereocenters. The highest BCUT2D eigenvalue weighted by atomic mass is 79.9. The van der Waals surface area contributed by atoms with Gasteiger partial charge in [-0.05, 0) is 75.2 Å². The minimum atomic E-state index is -1.04. The van der Waals surface area contributed by atoms with Crippen LogP contribution in [0.15, 0.2) is 46.9 Å². The number of carboxylic acids is 1. The molecule has 0 aliphatic heterocycles. The van der Waals surface area contributed by atoms with E-state index < -0.39 is 5.97 Å². The fourth-order valence-electron chi connectivity index (χ4n) is 3.73. The third-order valence-electron chi connectivity index (χ3n) is 5.53. The van der Waals surface area contributed by atoms with Crippen LogP contribution in [0.2, 0.25) is 0 Å². The summed E-state index contributed by atoms with van der Waals surface area (Å²) in [4.78, 5) is 26.3. The van der Waals surface area contributed by atoms with Crippen LogP contribution in [-0.4, -0.2) is 40.4 Å². The lowest BCUT2D eigenvalue weighted by atomic mass is 10.1. The number of rotatable bonds is 8. The van der Waals surface area contributed by atoms with Gasteiger partial charge in [-0.2, -0.15) is 5.10 Å². The zero-order chi connectivity index (χ0) is 23.4. The molecule has 1 heterocycles. The minimum absolute atomic E-state index is 0.138. The number of nitrogens with zero attached hydrogens (tertiary/aromatic N) is 3. The first-order valence-electron chi connectivity index (χ1n) is 10.4. The molecular formula is C24H27BrN4O3. The molecule has 7 nitrogen and oxygen atoms in total. The maximum Gasteiger partial charge on any atom is 0.337 e. The van der Waals surface area contributed by atoms with Crippen LogP contribution in [-0.2, 0) is 13.0 Å². The molecule has 0 saturated heterocycles. The average molecular weight is 499 g/mol. The molecule has 0 fully saturated rings. The lowest BCUT2D eigenvalue weighted by molar-refractivity contribution is 0.0697. The van der Waals surface area contributed by atoms with Gasteiger partial charge in [-0.15, -0.1) is 0 Å². The molecule has 1 amide bonds. The first-order chi connectivity index (χ1) is 15.2. The Hall–Kier alpha value is -3.13. The van der Waals surface area contributed by atoms with Gasteiger partial charge in [-0.25, -0.2) is 4.79 Å². The van der Waals surface area contributed by atoms with E-state index in [0.29, 0.717) is 23.5 Å². The molecule has 2 N–H and O–H groups in total. The van der Waals surface area contributed by atoms with Crippen molar-refractivity contribution in [3.05, 3.63) is 75.0 Å². The number of benzene rings is 2. The normalized spacial score (nSPS) is 10.8. The molecular weight excluding hydrogens is 472 g/mol. The van der Waals surface area contributed by atoms with E-state index in [4.69, 9.17) is 0 Å². The van der Waals surface area contributed by atoms with Crippen LogP contribution in [0.1, 0.15) is 44.6 Å². The average Bonchev–Trinajstić information content (AvgIpc) is 3.04. The van der Waals surface area contributed by atoms with Gasteiger partial charge in [-0.1, -0.05) is 15.9 Å². The van der Waals surface area contributed by atoms with E-state index in [1.54, 1.807) is 36.4 Å². The van der Waals surface area contributed by atoms with Crippen molar-refractivity contribution in [1.82, 2.24) is 9.78 Å². The number of aromatic nitrogens is 2. The van der Waals surface area contributed by atoms with Gasteiger partial charge < -0.3 is 15.3 Å². The number of amides is 1. The summed E-state index contributed by atoms with van der Waals surface area (Å²) in [6.07, 6.45) is 0.759. The van der Waals surface area contributed by atoms with Gasteiger partial charge >= 0.3 is 5.97 Å². The Morgan fingerprint density at radius 2 is 1.84 bits per heavy atom. The largest absolute Gasteiger partial charge is 0.478 e. The van der Waals surface area contributed by atoms with Crippen molar-refractivity contribution in [3.8, 4) is 0 Å². The van der Waals surface area contributed by atoms with E-state index in [2.05, 4.69) is 40.2 Å². The molecule has 0 spiro atoms. The molecule has 0 atom stereocenters. The summed E-state index contributed by atoms with van der Waals surface area (Å²) in [5.41, 5.74) is 4.99. The number of aryl methyl sites for hydroxylation is 2. The van der Waals surface area contributed by atoms with Crippen molar-refractivity contribution in [2.45, 2.75) is 33.7 Å². The maximum absolute atomic E-state index is 12.5. The van der Waals surface area contributed by atoms with Crippen LogP contribution in [0.4, 0.5) is 11.4 Å². The number of carboxylic acid groups (broad SMARTS) is 1. The Balaban J connectivity index is 1.76. The summed E-state index contributed by atoms with van der Waals surface area (Å²) in [5, 5.41) is 17.1. The monoisotopic (exact) mass is 498 g/mol. The Labute approximate surface area is 196 Å². The smallest absolute Gasteiger partial charge is 0.337 e. The Morgan fingerprint density at radius 1 is 1.16 bits per heavy atom. The SMILES string of the molecule is CCn1nc(C)c(CCN(C)c2ccc(NC(=O)c3ccc(Br)cc3)cc2C(=O)O)c1C. The van der Waals surface area contributed by atoms with Gasteiger partial charge in [0.15, 0.2) is 0 Å². The zero-order valence-corrected chi connectivity index (χ0v) is 20.2. The number of nitrogens with one attached hydrogen (secondary N) is 1. The topological polar surface area (TPSA) is 87.5 Å². The van der Waals surface area contributed by atoms with Crippen LogP contribution in [0.5, 0.6) is 0 Å². The second kappa shape index (κ2) is 9.99. The first-order valence-corrected chi connectivity index (χ1v) is 11.2. The predicted octanol–water partition coefficient (Wildman–Crippen LogP) is 4.91. The number of carbonyl (C=O) groups is 2. The van der Waals surface area contributed by atoms with Gasteiger partial charge in [-0.3, -0.25) is 9.48 Å². The number of aromatic carboxylic acids is 1. The van der Waals surface area contributed by atoms with Crippen molar-refractivity contribution in [2.24, 2.45) is 0 Å². The van der Waals surface area contributed by atoms with Crippen LogP contribution < -0.4 is 10.2 Å². The molecule has 8 heteroatoms. The highest BCUT2D eigenvalue weighted by Crippen LogP contribution is 2.25. The molecule has 3 rings (SSSR count). The summed E-state index contributed by atoms with van der Waals surface area (Å²) in [6.45, 7) is 7.58. The second-order valence-electron chi connectivity index (χ2n) is 7.63. The number of hydrogen-bond acceptors (Lipinski definition) is 4. The van der Waals surface area contributed by atoms with Gasteiger partial charge in [0.2, 0.25) is 0 Å². The maximum atomic E-state index is 12.5. The Bertz CT molecular complexity index is 1140. The molecule has 0 radical (unpaired) electrons. The van der Waals surface area contributed by atoms with Gasteiger partial charge in [0.1, 0.15) is 0 Å². The van der Waals surface area contributed by atoms with Crippen molar-refractivity contribution >= 4 is 39.2 Å². The standard InChI is InChI=1S/C24H27BrN4O3/c1-5-29-16(3)20(15(2)27-29)12-13-28(4)22-11-10-19(14-21(22)24(31)32)26-23(30)17-6-8-18(25)9-7-17/h6-11,14H,5,12-13H2,1-4H3,(H,26,30)(H,31,32). The van der Waals surface area contributed by atoms with E-state index >= 15 is 0 Å². The molecule has 0 bridgehead atoms. The quantitative estimate of drug-likeness (QED) is 0.460. The Morgan fingerprint density at radius 3 is 2.44 bits per heavy atom. The summed E-state index contributed by atoms with van der Waals surface area (Å²) in [7, 11) is 1.87.